The van der Waals surface area contributed by atoms with Crippen molar-refractivity contribution in [3.63, 3.8) is 0 Å². The number of anilines is 1. The maximum atomic E-state index is 12.2. The molecule has 2 aromatic rings. The summed E-state index contributed by atoms with van der Waals surface area (Å²) in [5, 5.41) is 0. The van der Waals surface area contributed by atoms with Crippen LogP contribution in [0.4, 0.5) is 5.69 Å². The lowest BCUT2D eigenvalue weighted by Gasteiger charge is -2.18. The number of carbonyl (C=O) groups excluding carboxylic acids is 1. The van der Waals surface area contributed by atoms with E-state index in [0.717, 1.165) is 21.3 Å². The quantitative estimate of drug-likeness (QED) is 0.840. The number of halogens is 1. The number of rotatable bonds is 5. The first kappa shape index (κ1) is 15.6. The summed E-state index contributed by atoms with van der Waals surface area (Å²) >= 11 is 3.50. The van der Waals surface area contributed by atoms with Crippen molar-refractivity contribution in [2.24, 2.45) is 0 Å². The first-order valence-electron chi connectivity index (χ1n) is 6.88. The van der Waals surface area contributed by atoms with E-state index in [2.05, 4.69) is 15.9 Å². The van der Waals surface area contributed by atoms with Crippen molar-refractivity contribution in [2.75, 3.05) is 12.8 Å². The van der Waals surface area contributed by atoms with Crippen LogP contribution in [0, 0.1) is 0 Å². The third kappa shape index (κ3) is 4.33. The Morgan fingerprint density at radius 1 is 1.10 bits per heavy atom. The summed E-state index contributed by atoms with van der Waals surface area (Å²) in [5.74, 6) is 0.119. The van der Waals surface area contributed by atoms with Crippen LogP contribution in [0.1, 0.15) is 17.5 Å². The standard InChI is InChI=1S/C17H19BrN2O/c1-20(12-14-7-2-4-8-15(14)18)17(21)11-10-13-6-3-5-9-16(13)19/h2-9H,10-12,19H2,1H3. The fourth-order valence-corrected chi connectivity index (χ4v) is 2.57. The lowest BCUT2D eigenvalue weighted by Crippen LogP contribution is -2.26. The second-order valence-electron chi connectivity index (χ2n) is 5.04. The highest BCUT2D eigenvalue weighted by Crippen LogP contribution is 2.18. The lowest BCUT2D eigenvalue weighted by atomic mass is 10.1. The molecule has 0 fully saturated rings. The van der Waals surface area contributed by atoms with Gasteiger partial charge in [-0.05, 0) is 29.7 Å². The number of nitrogens with zero attached hydrogens (tertiary/aromatic N) is 1. The summed E-state index contributed by atoms with van der Waals surface area (Å²) in [5.41, 5.74) is 8.78. The highest BCUT2D eigenvalue weighted by Gasteiger charge is 2.11. The molecular weight excluding hydrogens is 328 g/mol. The number of aryl methyl sites for hydroxylation is 1. The number of nitrogens with two attached hydrogens (primary N) is 1. The number of para-hydroxylation sites is 1. The Balaban J connectivity index is 1.91. The monoisotopic (exact) mass is 346 g/mol. The predicted octanol–water partition coefficient (Wildman–Crippen LogP) is 3.62. The Labute approximate surface area is 133 Å². The van der Waals surface area contributed by atoms with Gasteiger partial charge in [-0.3, -0.25) is 4.79 Å². The van der Waals surface area contributed by atoms with Crippen LogP contribution in [0.3, 0.4) is 0 Å². The van der Waals surface area contributed by atoms with Gasteiger partial charge in [0.15, 0.2) is 0 Å². The largest absolute Gasteiger partial charge is 0.399 e. The maximum Gasteiger partial charge on any atom is 0.222 e. The van der Waals surface area contributed by atoms with Gasteiger partial charge in [0.25, 0.3) is 0 Å². The van der Waals surface area contributed by atoms with E-state index in [0.29, 0.717) is 19.4 Å². The number of hydrogen-bond acceptors (Lipinski definition) is 2. The molecule has 0 aliphatic heterocycles. The zero-order chi connectivity index (χ0) is 15.2. The third-order valence-electron chi connectivity index (χ3n) is 3.45. The van der Waals surface area contributed by atoms with E-state index in [1.807, 2.05) is 55.6 Å². The minimum absolute atomic E-state index is 0.119. The van der Waals surface area contributed by atoms with E-state index < -0.39 is 0 Å². The molecule has 0 aromatic heterocycles. The molecule has 4 heteroatoms. The summed E-state index contributed by atoms with van der Waals surface area (Å²) in [6, 6.07) is 15.6. The van der Waals surface area contributed by atoms with Gasteiger partial charge in [0, 0.05) is 30.2 Å². The first-order chi connectivity index (χ1) is 10.1. The molecular formula is C17H19BrN2O. The Bertz CT molecular complexity index is 628. The molecule has 0 unspecified atom stereocenters. The molecule has 0 heterocycles. The van der Waals surface area contributed by atoms with Gasteiger partial charge in [0.05, 0.1) is 0 Å². The van der Waals surface area contributed by atoms with Crippen LogP contribution in [0.5, 0.6) is 0 Å². The van der Waals surface area contributed by atoms with Crippen LogP contribution < -0.4 is 5.73 Å². The number of carbonyl (C=O) groups is 1. The minimum atomic E-state index is 0.119. The fourth-order valence-electron chi connectivity index (χ4n) is 2.16. The first-order valence-corrected chi connectivity index (χ1v) is 7.68. The third-order valence-corrected chi connectivity index (χ3v) is 4.23. The van der Waals surface area contributed by atoms with E-state index in [1.165, 1.54) is 0 Å². The second kappa shape index (κ2) is 7.27. The summed E-state index contributed by atoms with van der Waals surface area (Å²) in [6.07, 6.45) is 1.14. The van der Waals surface area contributed by atoms with Crippen LogP contribution in [0.15, 0.2) is 53.0 Å². The molecule has 0 atom stereocenters. The van der Waals surface area contributed by atoms with E-state index >= 15 is 0 Å². The molecule has 110 valence electrons. The Hall–Kier alpha value is -1.81. The number of benzene rings is 2. The van der Waals surface area contributed by atoms with Crippen molar-refractivity contribution >= 4 is 27.5 Å². The number of amides is 1. The fraction of sp³-hybridized carbons (Fsp3) is 0.235. The van der Waals surface area contributed by atoms with Crippen molar-refractivity contribution in [1.29, 1.82) is 0 Å². The molecule has 0 spiro atoms. The van der Waals surface area contributed by atoms with Crippen LogP contribution in [0.25, 0.3) is 0 Å². The van der Waals surface area contributed by atoms with Crippen LogP contribution in [-0.2, 0) is 17.8 Å². The molecule has 0 radical (unpaired) electrons. The number of hydrogen-bond donors (Lipinski definition) is 1. The molecule has 3 nitrogen and oxygen atoms in total. The maximum absolute atomic E-state index is 12.2. The van der Waals surface area contributed by atoms with E-state index in [4.69, 9.17) is 5.73 Å². The zero-order valence-electron chi connectivity index (χ0n) is 12.1. The van der Waals surface area contributed by atoms with E-state index in [9.17, 15) is 4.79 Å². The van der Waals surface area contributed by atoms with Crippen LogP contribution >= 0.6 is 15.9 Å². The second-order valence-corrected chi connectivity index (χ2v) is 5.89. The highest BCUT2D eigenvalue weighted by molar-refractivity contribution is 9.10. The van der Waals surface area contributed by atoms with Gasteiger partial charge in [-0.1, -0.05) is 52.3 Å². The van der Waals surface area contributed by atoms with Gasteiger partial charge in [0.1, 0.15) is 0 Å². The molecule has 0 aliphatic carbocycles. The van der Waals surface area contributed by atoms with Crippen LogP contribution in [0.2, 0.25) is 0 Å². The van der Waals surface area contributed by atoms with Crippen molar-refractivity contribution in [3.8, 4) is 0 Å². The van der Waals surface area contributed by atoms with E-state index in [1.54, 1.807) is 4.90 Å². The van der Waals surface area contributed by atoms with Gasteiger partial charge in [-0.25, -0.2) is 0 Å². The Morgan fingerprint density at radius 3 is 2.38 bits per heavy atom. The molecule has 0 saturated carbocycles. The highest BCUT2D eigenvalue weighted by atomic mass is 79.9. The van der Waals surface area contributed by atoms with Gasteiger partial charge < -0.3 is 10.6 Å². The Morgan fingerprint density at radius 2 is 1.71 bits per heavy atom. The van der Waals surface area contributed by atoms with E-state index in [-0.39, 0.29) is 5.91 Å². The van der Waals surface area contributed by atoms with Crippen molar-refractivity contribution in [3.05, 3.63) is 64.1 Å². The predicted molar refractivity (Wildman–Crippen MR) is 89.8 cm³/mol. The lowest BCUT2D eigenvalue weighted by molar-refractivity contribution is -0.130. The SMILES string of the molecule is CN(Cc1ccccc1Br)C(=O)CCc1ccccc1N. The van der Waals surface area contributed by atoms with Gasteiger partial charge in [-0.2, -0.15) is 0 Å². The molecule has 0 aliphatic rings. The zero-order valence-corrected chi connectivity index (χ0v) is 13.6. The van der Waals surface area contributed by atoms with Gasteiger partial charge in [0.2, 0.25) is 5.91 Å². The molecule has 1 amide bonds. The Kier molecular flexibility index (Phi) is 5.39. The molecule has 0 bridgehead atoms. The molecule has 2 rings (SSSR count). The molecule has 2 N–H and O–H groups in total. The van der Waals surface area contributed by atoms with Crippen LogP contribution in [-0.4, -0.2) is 17.9 Å². The smallest absolute Gasteiger partial charge is 0.222 e. The normalized spacial score (nSPS) is 10.4. The molecule has 2 aromatic carbocycles. The van der Waals surface area contributed by atoms with Gasteiger partial charge in [-0.15, -0.1) is 0 Å². The van der Waals surface area contributed by atoms with Gasteiger partial charge >= 0.3 is 0 Å². The summed E-state index contributed by atoms with van der Waals surface area (Å²) in [4.78, 5) is 14.0. The van der Waals surface area contributed by atoms with Crippen molar-refractivity contribution < 1.29 is 4.79 Å². The number of nitrogen functional groups attached to an aromatic ring is 1. The molecule has 21 heavy (non-hydrogen) atoms. The average molecular weight is 347 g/mol. The topological polar surface area (TPSA) is 46.3 Å². The van der Waals surface area contributed by atoms with Crippen molar-refractivity contribution in [2.45, 2.75) is 19.4 Å². The average Bonchev–Trinajstić information content (AvgIpc) is 2.48. The van der Waals surface area contributed by atoms with Crippen molar-refractivity contribution in [1.82, 2.24) is 4.90 Å². The summed E-state index contributed by atoms with van der Waals surface area (Å²) < 4.78 is 1.02. The summed E-state index contributed by atoms with van der Waals surface area (Å²) in [7, 11) is 1.83. The summed E-state index contributed by atoms with van der Waals surface area (Å²) in [6.45, 7) is 0.602. The molecule has 0 saturated heterocycles. The minimum Gasteiger partial charge on any atom is -0.399 e.